The van der Waals surface area contributed by atoms with Crippen LogP contribution in [0.3, 0.4) is 0 Å². The van der Waals surface area contributed by atoms with Gasteiger partial charge in [-0.2, -0.15) is 0 Å². The summed E-state index contributed by atoms with van der Waals surface area (Å²) >= 11 is 0. The number of hydrogen-bond acceptors (Lipinski definition) is 3. The number of carboxylic acid groups (broad SMARTS) is 1. The topological polar surface area (TPSA) is 67.5 Å². The lowest BCUT2D eigenvalue weighted by atomic mass is 9.81. The average molecular weight is 308 g/mol. The lowest BCUT2D eigenvalue weighted by Crippen LogP contribution is -2.13. The summed E-state index contributed by atoms with van der Waals surface area (Å²) in [6, 6.07) is 10.1. The largest absolute Gasteiger partial charge is 0.478 e. The Morgan fingerprint density at radius 2 is 1.91 bits per heavy atom. The van der Waals surface area contributed by atoms with Gasteiger partial charge in [-0.25, -0.2) is 4.79 Å². The second kappa shape index (κ2) is 5.23. The number of carboxylic acids is 1. The fraction of sp³-hybridized carbons (Fsp3) is 0.263. The van der Waals surface area contributed by atoms with Gasteiger partial charge in [0.15, 0.2) is 0 Å². The summed E-state index contributed by atoms with van der Waals surface area (Å²) in [5, 5.41) is 9.87. The van der Waals surface area contributed by atoms with Crippen molar-refractivity contribution < 1.29 is 14.3 Å². The van der Waals surface area contributed by atoms with Crippen molar-refractivity contribution in [2.75, 3.05) is 0 Å². The van der Waals surface area contributed by atoms with E-state index in [-0.39, 0.29) is 11.0 Å². The zero-order chi connectivity index (χ0) is 16.0. The Balaban J connectivity index is 1.87. The van der Waals surface area contributed by atoms with Crippen LogP contribution < -0.4 is 5.43 Å². The third kappa shape index (κ3) is 2.40. The first-order valence-electron chi connectivity index (χ1n) is 7.84. The monoisotopic (exact) mass is 308 g/mol. The molecule has 1 saturated carbocycles. The number of aromatic carboxylic acids is 1. The number of carbonyl (C=O) groups is 1. The van der Waals surface area contributed by atoms with E-state index in [0.717, 1.165) is 12.3 Å². The minimum atomic E-state index is -1.05. The Kier molecular flexibility index (Phi) is 3.18. The van der Waals surface area contributed by atoms with Gasteiger partial charge in [-0.05, 0) is 48.2 Å². The fourth-order valence-electron chi connectivity index (χ4n) is 3.19. The molecule has 3 aromatic rings. The van der Waals surface area contributed by atoms with E-state index in [0.29, 0.717) is 21.9 Å². The molecule has 116 valence electrons. The van der Waals surface area contributed by atoms with Crippen LogP contribution in [0.5, 0.6) is 0 Å². The Labute approximate surface area is 132 Å². The van der Waals surface area contributed by atoms with Crippen molar-refractivity contribution in [3.63, 3.8) is 0 Å². The van der Waals surface area contributed by atoms with E-state index >= 15 is 0 Å². The Bertz CT molecular complexity index is 980. The summed E-state index contributed by atoms with van der Waals surface area (Å²) in [5.74, 6) is -0.306. The van der Waals surface area contributed by atoms with Crippen LogP contribution in [-0.4, -0.2) is 11.1 Å². The maximum atomic E-state index is 12.6. The van der Waals surface area contributed by atoms with Crippen molar-refractivity contribution in [2.24, 2.45) is 5.92 Å². The Morgan fingerprint density at radius 1 is 1.09 bits per heavy atom. The molecule has 1 aliphatic carbocycles. The van der Waals surface area contributed by atoms with Gasteiger partial charge in [0.1, 0.15) is 11.2 Å². The smallest absolute Gasteiger partial charge is 0.335 e. The molecular weight excluding hydrogens is 292 g/mol. The van der Waals surface area contributed by atoms with Gasteiger partial charge in [0, 0.05) is 0 Å². The molecule has 0 unspecified atom stereocenters. The first-order valence-corrected chi connectivity index (χ1v) is 7.84. The van der Waals surface area contributed by atoms with Gasteiger partial charge in [-0.3, -0.25) is 4.79 Å². The lowest BCUT2D eigenvalue weighted by Gasteiger charge is -2.25. The molecule has 23 heavy (non-hydrogen) atoms. The van der Waals surface area contributed by atoms with E-state index in [1.807, 2.05) is 12.1 Å². The summed E-state index contributed by atoms with van der Waals surface area (Å²) < 4.78 is 5.84. The predicted molar refractivity (Wildman–Crippen MR) is 88.0 cm³/mol. The van der Waals surface area contributed by atoms with Gasteiger partial charge < -0.3 is 9.52 Å². The lowest BCUT2D eigenvalue weighted by molar-refractivity contribution is 0.0697. The zero-order valence-electron chi connectivity index (χ0n) is 12.5. The number of fused-ring (bicyclic) bond motifs is 2. The van der Waals surface area contributed by atoms with Crippen molar-refractivity contribution in [3.8, 4) is 0 Å². The molecule has 1 aromatic heterocycles. The molecule has 1 aliphatic rings. The van der Waals surface area contributed by atoms with Gasteiger partial charge in [0.05, 0.1) is 16.3 Å². The molecule has 0 atom stereocenters. The summed E-state index contributed by atoms with van der Waals surface area (Å²) in [5.41, 5.74) is 2.09. The molecule has 4 nitrogen and oxygen atoms in total. The highest BCUT2D eigenvalue weighted by molar-refractivity contribution is 5.96. The van der Waals surface area contributed by atoms with Crippen LogP contribution in [0.1, 0.15) is 35.2 Å². The van der Waals surface area contributed by atoms with E-state index < -0.39 is 5.97 Å². The molecule has 4 rings (SSSR count). The standard InChI is InChI=1S/C19H16O4/c20-18-14-6-4-12(8-11-2-1-3-11)9-17(14)23-16-7-5-13(19(21)22)10-15(16)18/h4-7,9-11H,1-3,8H2,(H,21,22). The van der Waals surface area contributed by atoms with Crippen LogP contribution in [0.2, 0.25) is 0 Å². The van der Waals surface area contributed by atoms with Crippen molar-refractivity contribution >= 4 is 27.9 Å². The molecule has 0 bridgehead atoms. The van der Waals surface area contributed by atoms with Gasteiger partial charge >= 0.3 is 5.97 Å². The number of benzene rings is 2. The molecule has 0 radical (unpaired) electrons. The molecule has 2 aromatic carbocycles. The SMILES string of the molecule is O=C(O)c1ccc2oc3cc(CC4CCC4)ccc3c(=O)c2c1. The molecule has 1 N–H and O–H groups in total. The Hall–Kier alpha value is -2.62. The molecule has 0 amide bonds. The van der Waals surface area contributed by atoms with E-state index in [2.05, 4.69) is 0 Å². The van der Waals surface area contributed by atoms with Crippen LogP contribution in [0.15, 0.2) is 45.6 Å². The van der Waals surface area contributed by atoms with Crippen LogP contribution >= 0.6 is 0 Å². The molecule has 1 fully saturated rings. The number of rotatable bonds is 3. The second-order valence-corrected chi connectivity index (χ2v) is 6.28. The Morgan fingerprint density at radius 3 is 2.61 bits per heavy atom. The van der Waals surface area contributed by atoms with Crippen molar-refractivity contribution in [2.45, 2.75) is 25.7 Å². The van der Waals surface area contributed by atoms with E-state index in [9.17, 15) is 9.59 Å². The summed E-state index contributed by atoms with van der Waals surface area (Å²) in [4.78, 5) is 23.7. The quantitative estimate of drug-likeness (QED) is 0.743. The summed E-state index contributed by atoms with van der Waals surface area (Å²) in [6.07, 6.45) is 4.88. The molecule has 1 heterocycles. The molecule has 4 heteroatoms. The molecule has 0 spiro atoms. The minimum Gasteiger partial charge on any atom is -0.478 e. The highest BCUT2D eigenvalue weighted by atomic mass is 16.4. The fourth-order valence-corrected chi connectivity index (χ4v) is 3.19. The first kappa shape index (κ1) is 14.0. The van der Waals surface area contributed by atoms with Crippen LogP contribution in [0.25, 0.3) is 21.9 Å². The van der Waals surface area contributed by atoms with Crippen LogP contribution in [-0.2, 0) is 6.42 Å². The second-order valence-electron chi connectivity index (χ2n) is 6.28. The maximum Gasteiger partial charge on any atom is 0.335 e. The van der Waals surface area contributed by atoms with Gasteiger partial charge in [-0.1, -0.05) is 25.3 Å². The van der Waals surface area contributed by atoms with Crippen LogP contribution in [0.4, 0.5) is 0 Å². The van der Waals surface area contributed by atoms with Gasteiger partial charge in [0.2, 0.25) is 5.43 Å². The third-order valence-corrected chi connectivity index (χ3v) is 4.73. The van der Waals surface area contributed by atoms with Gasteiger partial charge in [0.25, 0.3) is 0 Å². The highest BCUT2D eigenvalue weighted by Gasteiger charge is 2.18. The highest BCUT2D eigenvalue weighted by Crippen LogP contribution is 2.30. The number of hydrogen-bond donors (Lipinski definition) is 1. The predicted octanol–water partition coefficient (Wildman–Crippen LogP) is 3.99. The van der Waals surface area contributed by atoms with Crippen molar-refractivity contribution in [3.05, 3.63) is 57.7 Å². The van der Waals surface area contributed by atoms with Gasteiger partial charge in [-0.15, -0.1) is 0 Å². The third-order valence-electron chi connectivity index (χ3n) is 4.73. The molecule has 0 aliphatic heterocycles. The zero-order valence-corrected chi connectivity index (χ0v) is 12.5. The van der Waals surface area contributed by atoms with Crippen LogP contribution in [0, 0.1) is 5.92 Å². The normalized spacial score (nSPS) is 15.0. The molecule has 0 saturated heterocycles. The summed E-state index contributed by atoms with van der Waals surface area (Å²) in [6.45, 7) is 0. The van der Waals surface area contributed by atoms with Crippen molar-refractivity contribution in [1.82, 2.24) is 0 Å². The van der Waals surface area contributed by atoms with E-state index in [1.54, 1.807) is 12.1 Å². The van der Waals surface area contributed by atoms with Crippen molar-refractivity contribution in [1.29, 1.82) is 0 Å². The molecular formula is C19H16O4. The summed E-state index contributed by atoms with van der Waals surface area (Å²) in [7, 11) is 0. The average Bonchev–Trinajstić information content (AvgIpc) is 2.50. The first-order chi connectivity index (χ1) is 11.1. The maximum absolute atomic E-state index is 12.6. The minimum absolute atomic E-state index is 0.0887. The van der Waals surface area contributed by atoms with E-state index in [1.165, 1.54) is 37.0 Å². The van der Waals surface area contributed by atoms with E-state index in [4.69, 9.17) is 9.52 Å².